The number of nitrogens with one attached hydrogen (secondary N) is 1. The van der Waals surface area contributed by atoms with Crippen molar-refractivity contribution in [3.8, 4) is 0 Å². The number of amidine groups is 1. The Kier molecular flexibility index (Phi) is 4.07. The zero-order valence-corrected chi connectivity index (χ0v) is 11.0. The van der Waals surface area contributed by atoms with Gasteiger partial charge in [-0.15, -0.1) is 0 Å². The molecule has 0 amide bonds. The predicted molar refractivity (Wildman–Crippen MR) is 74.1 cm³/mol. The van der Waals surface area contributed by atoms with Gasteiger partial charge in [-0.1, -0.05) is 34.1 Å². The van der Waals surface area contributed by atoms with Crippen LogP contribution in [0, 0.1) is 5.82 Å². The van der Waals surface area contributed by atoms with Crippen LogP contribution in [-0.2, 0) is 0 Å². The maximum atomic E-state index is 13.3. The van der Waals surface area contributed by atoms with Crippen LogP contribution in [0.3, 0.4) is 0 Å². The molecular formula is C13H11BrFN3. The van der Waals surface area contributed by atoms with Crippen molar-refractivity contribution in [1.82, 2.24) is 5.43 Å². The molecule has 5 heteroatoms. The van der Waals surface area contributed by atoms with Crippen molar-refractivity contribution in [1.29, 1.82) is 0 Å². The van der Waals surface area contributed by atoms with Crippen LogP contribution in [0.1, 0.15) is 5.56 Å². The topological polar surface area (TPSA) is 50.4 Å². The molecule has 2 rings (SSSR count). The van der Waals surface area contributed by atoms with E-state index in [1.54, 1.807) is 6.07 Å². The molecule has 0 aliphatic heterocycles. The molecule has 3 nitrogen and oxygen atoms in total. The van der Waals surface area contributed by atoms with Crippen LogP contribution >= 0.6 is 15.9 Å². The highest BCUT2D eigenvalue weighted by molar-refractivity contribution is 9.10. The van der Waals surface area contributed by atoms with E-state index in [0.29, 0.717) is 15.9 Å². The number of aliphatic imine (C=N–C) groups is 1. The summed E-state index contributed by atoms with van der Waals surface area (Å²) in [5, 5.41) is 0. The van der Waals surface area contributed by atoms with Gasteiger partial charge in [0.2, 0.25) is 0 Å². The molecule has 2 aromatic carbocycles. The molecule has 3 N–H and O–H groups in total. The van der Waals surface area contributed by atoms with E-state index in [-0.39, 0.29) is 5.82 Å². The minimum absolute atomic E-state index is 0.351. The van der Waals surface area contributed by atoms with Gasteiger partial charge in [-0.3, -0.25) is 0 Å². The second-order valence-corrected chi connectivity index (χ2v) is 4.51. The highest BCUT2D eigenvalue weighted by Crippen LogP contribution is 2.17. The van der Waals surface area contributed by atoms with Crippen molar-refractivity contribution in [2.24, 2.45) is 10.8 Å². The van der Waals surface area contributed by atoms with Crippen LogP contribution < -0.4 is 11.3 Å². The standard InChI is InChI=1S/C13H11BrFN3/c14-10-6-9(7-11(15)8-10)13(18-16)17-12-4-2-1-3-5-12/h1-8H,16H2,(H,17,18). The second-order valence-electron chi connectivity index (χ2n) is 3.60. The Morgan fingerprint density at radius 3 is 2.50 bits per heavy atom. The molecule has 0 heterocycles. The lowest BCUT2D eigenvalue weighted by molar-refractivity contribution is 0.626. The molecule has 0 aromatic heterocycles. The number of hydrazine groups is 1. The van der Waals surface area contributed by atoms with Gasteiger partial charge in [0.05, 0.1) is 5.69 Å². The molecule has 0 radical (unpaired) electrons. The average Bonchev–Trinajstić information content (AvgIpc) is 2.36. The monoisotopic (exact) mass is 307 g/mol. The fourth-order valence-corrected chi connectivity index (χ4v) is 1.97. The maximum Gasteiger partial charge on any atom is 0.148 e. The first kappa shape index (κ1) is 12.7. The molecule has 0 saturated heterocycles. The smallest absolute Gasteiger partial charge is 0.148 e. The van der Waals surface area contributed by atoms with Crippen molar-refractivity contribution in [2.75, 3.05) is 0 Å². The summed E-state index contributed by atoms with van der Waals surface area (Å²) in [5.74, 6) is 5.49. The van der Waals surface area contributed by atoms with Gasteiger partial charge in [-0.25, -0.2) is 15.2 Å². The van der Waals surface area contributed by atoms with Crippen LogP contribution in [-0.4, -0.2) is 5.84 Å². The van der Waals surface area contributed by atoms with Gasteiger partial charge < -0.3 is 5.43 Å². The zero-order valence-electron chi connectivity index (χ0n) is 9.40. The van der Waals surface area contributed by atoms with Gasteiger partial charge in [0.15, 0.2) is 0 Å². The molecule has 0 fully saturated rings. The van der Waals surface area contributed by atoms with E-state index < -0.39 is 0 Å². The first-order valence-corrected chi connectivity index (χ1v) is 6.05. The van der Waals surface area contributed by atoms with Crippen molar-refractivity contribution in [3.05, 3.63) is 64.4 Å². The maximum absolute atomic E-state index is 13.3. The quantitative estimate of drug-likeness (QED) is 0.387. The van der Waals surface area contributed by atoms with E-state index in [0.717, 1.165) is 5.69 Å². The first-order chi connectivity index (χ1) is 8.69. The Morgan fingerprint density at radius 2 is 1.89 bits per heavy atom. The highest BCUT2D eigenvalue weighted by Gasteiger charge is 2.05. The lowest BCUT2D eigenvalue weighted by Gasteiger charge is -2.06. The summed E-state index contributed by atoms with van der Waals surface area (Å²) in [5.41, 5.74) is 3.80. The molecule has 0 spiro atoms. The highest BCUT2D eigenvalue weighted by atomic mass is 79.9. The Labute approximate surface area is 113 Å². The molecule has 18 heavy (non-hydrogen) atoms. The fourth-order valence-electron chi connectivity index (χ4n) is 1.50. The third-order valence-electron chi connectivity index (χ3n) is 2.27. The summed E-state index contributed by atoms with van der Waals surface area (Å²) in [4.78, 5) is 4.32. The number of hydrogen-bond acceptors (Lipinski definition) is 2. The summed E-state index contributed by atoms with van der Waals surface area (Å²) in [6.45, 7) is 0. The predicted octanol–water partition coefficient (Wildman–Crippen LogP) is 3.13. The van der Waals surface area contributed by atoms with E-state index in [4.69, 9.17) is 5.84 Å². The van der Waals surface area contributed by atoms with Gasteiger partial charge in [-0.2, -0.15) is 0 Å². The van der Waals surface area contributed by atoms with E-state index in [1.165, 1.54) is 12.1 Å². The summed E-state index contributed by atoms with van der Waals surface area (Å²) >= 11 is 3.23. The van der Waals surface area contributed by atoms with Gasteiger partial charge >= 0.3 is 0 Å². The molecular weight excluding hydrogens is 297 g/mol. The number of benzene rings is 2. The number of para-hydroxylation sites is 1. The first-order valence-electron chi connectivity index (χ1n) is 5.26. The van der Waals surface area contributed by atoms with E-state index >= 15 is 0 Å². The van der Waals surface area contributed by atoms with Crippen molar-refractivity contribution in [2.45, 2.75) is 0 Å². The molecule has 0 bridgehead atoms. The van der Waals surface area contributed by atoms with Crippen LogP contribution in [0.4, 0.5) is 10.1 Å². The normalized spacial score (nSPS) is 11.4. The Morgan fingerprint density at radius 1 is 1.17 bits per heavy atom. The molecule has 2 aromatic rings. The molecule has 0 aliphatic carbocycles. The molecule has 0 unspecified atom stereocenters. The number of hydrogen-bond donors (Lipinski definition) is 2. The van der Waals surface area contributed by atoms with Crippen LogP contribution in [0.15, 0.2) is 58.0 Å². The lowest BCUT2D eigenvalue weighted by Crippen LogP contribution is -2.31. The van der Waals surface area contributed by atoms with Crippen LogP contribution in [0.25, 0.3) is 0 Å². The summed E-state index contributed by atoms with van der Waals surface area (Å²) in [7, 11) is 0. The second kappa shape index (κ2) is 5.75. The summed E-state index contributed by atoms with van der Waals surface area (Å²) in [6, 6.07) is 13.8. The fraction of sp³-hybridized carbons (Fsp3) is 0. The van der Waals surface area contributed by atoms with Gasteiger partial charge in [0.25, 0.3) is 0 Å². The minimum atomic E-state index is -0.351. The third kappa shape index (κ3) is 3.15. The molecule has 92 valence electrons. The Balaban J connectivity index is 2.42. The van der Waals surface area contributed by atoms with E-state index in [2.05, 4.69) is 26.3 Å². The summed E-state index contributed by atoms with van der Waals surface area (Å²) < 4.78 is 13.9. The van der Waals surface area contributed by atoms with E-state index in [9.17, 15) is 4.39 Å². The van der Waals surface area contributed by atoms with Crippen molar-refractivity contribution in [3.63, 3.8) is 0 Å². The SMILES string of the molecule is NNC(=Nc1ccccc1)c1cc(F)cc(Br)c1. The average molecular weight is 308 g/mol. The third-order valence-corrected chi connectivity index (χ3v) is 2.73. The van der Waals surface area contributed by atoms with Crippen molar-refractivity contribution >= 4 is 27.5 Å². The van der Waals surface area contributed by atoms with E-state index in [1.807, 2.05) is 30.3 Å². The zero-order chi connectivity index (χ0) is 13.0. The molecule has 0 aliphatic rings. The lowest BCUT2D eigenvalue weighted by atomic mass is 10.2. The number of rotatable bonds is 2. The van der Waals surface area contributed by atoms with Gasteiger partial charge in [0.1, 0.15) is 11.7 Å². The van der Waals surface area contributed by atoms with Crippen LogP contribution in [0.2, 0.25) is 0 Å². The Hall–Kier alpha value is -1.72. The van der Waals surface area contributed by atoms with Crippen molar-refractivity contribution < 1.29 is 4.39 Å². The molecule has 0 saturated carbocycles. The van der Waals surface area contributed by atoms with Gasteiger partial charge in [0, 0.05) is 10.0 Å². The van der Waals surface area contributed by atoms with Gasteiger partial charge in [-0.05, 0) is 30.3 Å². The summed E-state index contributed by atoms with van der Waals surface area (Å²) in [6.07, 6.45) is 0. The number of halogens is 2. The van der Waals surface area contributed by atoms with Crippen LogP contribution in [0.5, 0.6) is 0 Å². The minimum Gasteiger partial charge on any atom is -0.308 e. The Bertz CT molecular complexity index is 549. The molecule has 0 atom stereocenters. The number of nitrogens with zero attached hydrogens (tertiary/aromatic N) is 1. The largest absolute Gasteiger partial charge is 0.308 e. The number of nitrogens with two attached hydrogens (primary N) is 1.